The SMILES string of the molecule is CCC(C)C(CO)NC(=O)Cc1c(-c2ccc(F)cc2)n[nH]c1C. The average Bonchev–Trinajstić information content (AvgIpc) is 2.93. The highest BCUT2D eigenvalue weighted by Crippen LogP contribution is 2.24. The fraction of sp³-hybridized carbons (Fsp3) is 0.444. The molecule has 1 aromatic carbocycles. The van der Waals surface area contributed by atoms with Crippen LogP contribution in [0.5, 0.6) is 0 Å². The van der Waals surface area contributed by atoms with Crippen LogP contribution < -0.4 is 5.32 Å². The number of nitrogens with one attached hydrogen (secondary N) is 2. The lowest BCUT2D eigenvalue weighted by molar-refractivity contribution is -0.121. The van der Waals surface area contributed by atoms with Gasteiger partial charge in [0.05, 0.1) is 24.8 Å². The minimum Gasteiger partial charge on any atom is -0.394 e. The fourth-order valence-electron chi connectivity index (χ4n) is 2.59. The molecule has 0 spiro atoms. The van der Waals surface area contributed by atoms with Crippen molar-refractivity contribution < 1.29 is 14.3 Å². The van der Waals surface area contributed by atoms with Gasteiger partial charge in [0.25, 0.3) is 0 Å². The van der Waals surface area contributed by atoms with Gasteiger partial charge in [0.2, 0.25) is 5.91 Å². The summed E-state index contributed by atoms with van der Waals surface area (Å²) in [6.45, 7) is 5.78. The third-order valence-corrected chi connectivity index (χ3v) is 4.40. The van der Waals surface area contributed by atoms with E-state index in [4.69, 9.17) is 0 Å². The zero-order chi connectivity index (χ0) is 17.7. The number of aliphatic hydroxyl groups excluding tert-OH is 1. The first kappa shape index (κ1) is 18.1. The van der Waals surface area contributed by atoms with Gasteiger partial charge in [-0.05, 0) is 37.1 Å². The number of carbonyl (C=O) groups is 1. The summed E-state index contributed by atoms with van der Waals surface area (Å²) in [6, 6.07) is 5.76. The molecule has 0 saturated carbocycles. The number of H-pyrrole nitrogens is 1. The van der Waals surface area contributed by atoms with Crippen molar-refractivity contribution in [2.24, 2.45) is 5.92 Å². The summed E-state index contributed by atoms with van der Waals surface area (Å²) in [5.74, 6) is -0.284. The first-order valence-corrected chi connectivity index (χ1v) is 8.16. The standard InChI is InChI=1S/C18H24FN3O2/c1-4-11(2)16(10-23)20-17(24)9-15-12(3)21-22-18(15)13-5-7-14(19)8-6-13/h5-8,11,16,23H,4,9-10H2,1-3H3,(H,20,24)(H,21,22). The van der Waals surface area contributed by atoms with Crippen LogP contribution in [0.1, 0.15) is 31.5 Å². The van der Waals surface area contributed by atoms with Crippen LogP contribution in [0.15, 0.2) is 24.3 Å². The summed E-state index contributed by atoms with van der Waals surface area (Å²) in [7, 11) is 0. The van der Waals surface area contributed by atoms with Crippen LogP contribution in [-0.4, -0.2) is 33.9 Å². The number of hydrogen-bond donors (Lipinski definition) is 3. The molecule has 1 aromatic heterocycles. The molecule has 1 amide bonds. The zero-order valence-corrected chi connectivity index (χ0v) is 14.3. The predicted octanol–water partition coefficient (Wildman–Crippen LogP) is 2.59. The van der Waals surface area contributed by atoms with E-state index >= 15 is 0 Å². The smallest absolute Gasteiger partial charge is 0.224 e. The lowest BCUT2D eigenvalue weighted by Gasteiger charge is -2.22. The van der Waals surface area contributed by atoms with E-state index in [0.717, 1.165) is 23.2 Å². The molecule has 24 heavy (non-hydrogen) atoms. The number of aromatic amines is 1. The number of aromatic nitrogens is 2. The maximum atomic E-state index is 13.1. The molecule has 2 unspecified atom stereocenters. The van der Waals surface area contributed by atoms with Crippen molar-refractivity contribution in [3.8, 4) is 11.3 Å². The molecule has 2 atom stereocenters. The topological polar surface area (TPSA) is 78.0 Å². The number of aryl methyl sites for hydroxylation is 1. The fourth-order valence-corrected chi connectivity index (χ4v) is 2.59. The van der Waals surface area contributed by atoms with E-state index < -0.39 is 0 Å². The Morgan fingerprint density at radius 3 is 2.62 bits per heavy atom. The Kier molecular flexibility index (Phi) is 6.09. The number of hydrogen-bond acceptors (Lipinski definition) is 3. The number of benzene rings is 1. The number of rotatable bonds is 7. The van der Waals surface area contributed by atoms with Gasteiger partial charge in [-0.3, -0.25) is 9.89 Å². The molecule has 5 nitrogen and oxygen atoms in total. The minimum absolute atomic E-state index is 0.0874. The van der Waals surface area contributed by atoms with Gasteiger partial charge in [-0.15, -0.1) is 0 Å². The highest BCUT2D eigenvalue weighted by Gasteiger charge is 2.20. The monoisotopic (exact) mass is 333 g/mol. The van der Waals surface area contributed by atoms with E-state index in [2.05, 4.69) is 15.5 Å². The van der Waals surface area contributed by atoms with Crippen LogP contribution in [0.25, 0.3) is 11.3 Å². The third kappa shape index (κ3) is 4.20. The van der Waals surface area contributed by atoms with Gasteiger partial charge in [0.1, 0.15) is 5.82 Å². The van der Waals surface area contributed by atoms with Crippen LogP contribution in [-0.2, 0) is 11.2 Å². The van der Waals surface area contributed by atoms with Crippen LogP contribution in [0.4, 0.5) is 4.39 Å². The molecule has 0 aliphatic heterocycles. The minimum atomic E-state index is -0.315. The van der Waals surface area contributed by atoms with Gasteiger partial charge in [0.15, 0.2) is 0 Å². The van der Waals surface area contributed by atoms with Gasteiger partial charge < -0.3 is 10.4 Å². The molecule has 0 saturated heterocycles. The van der Waals surface area contributed by atoms with E-state index in [-0.39, 0.29) is 36.7 Å². The lowest BCUT2D eigenvalue weighted by Crippen LogP contribution is -2.42. The molecule has 2 rings (SSSR count). The number of amides is 1. The van der Waals surface area contributed by atoms with Crippen molar-refractivity contribution >= 4 is 5.91 Å². The molecular formula is C18H24FN3O2. The summed E-state index contributed by atoms with van der Waals surface area (Å²) in [5.41, 5.74) is 2.98. The molecule has 0 fully saturated rings. The van der Waals surface area contributed by atoms with Crippen LogP contribution in [0.2, 0.25) is 0 Å². The molecule has 0 aliphatic carbocycles. The number of halogens is 1. The zero-order valence-electron chi connectivity index (χ0n) is 14.3. The van der Waals surface area contributed by atoms with Gasteiger partial charge in [0, 0.05) is 16.8 Å². The Balaban J connectivity index is 2.16. The van der Waals surface area contributed by atoms with Crippen molar-refractivity contribution in [2.45, 2.75) is 39.7 Å². The molecule has 1 heterocycles. The summed E-state index contributed by atoms with van der Waals surface area (Å²) in [5, 5.41) is 19.5. The average molecular weight is 333 g/mol. The second kappa shape index (κ2) is 8.06. The van der Waals surface area contributed by atoms with Crippen molar-refractivity contribution in [1.82, 2.24) is 15.5 Å². The molecule has 6 heteroatoms. The summed E-state index contributed by atoms with van der Waals surface area (Å²) < 4.78 is 13.1. The van der Waals surface area contributed by atoms with E-state index in [1.165, 1.54) is 12.1 Å². The summed E-state index contributed by atoms with van der Waals surface area (Å²) >= 11 is 0. The molecular weight excluding hydrogens is 309 g/mol. The number of aliphatic hydroxyl groups is 1. The van der Waals surface area contributed by atoms with Gasteiger partial charge in [-0.1, -0.05) is 20.3 Å². The largest absolute Gasteiger partial charge is 0.394 e. The van der Waals surface area contributed by atoms with Gasteiger partial charge >= 0.3 is 0 Å². The lowest BCUT2D eigenvalue weighted by atomic mass is 9.99. The normalized spacial score (nSPS) is 13.5. The number of carbonyl (C=O) groups excluding carboxylic acids is 1. The Hall–Kier alpha value is -2.21. The number of nitrogens with zero attached hydrogens (tertiary/aromatic N) is 1. The highest BCUT2D eigenvalue weighted by atomic mass is 19.1. The first-order valence-electron chi connectivity index (χ1n) is 8.16. The van der Waals surface area contributed by atoms with Crippen LogP contribution >= 0.6 is 0 Å². The molecule has 130 valence electrons. The van der Waals surface area contributed by atoms with Crippen LogP contribution in [0.3, 0.4) is 0 Å². The Bertz CT molecular complexity index is 682. The molecule has 0 bridgehead atoms. The second-order valence-electron chi connectivity index (χ2n) is 6.10. The van der Waals surface area contributed by atoms with Gasteiger partial charge in [-0.25, -0.2) is 4.39 Å². The quantitative estimate of drug-likeness (QED) is 0.729. The van der Waals surface area contributed by atoms with E-state index in [9.17, 15) is 14.3 Å². The van der Waals surface area contributed by atoms with Crippen molar-refractivity contribution in [3.05, 3.63) is 41.3 Å². The van der Waals surface area contributed by atoms with Gasteiger partial charge in [-0.2, -0.15) is 5.10 Å². The molecule has 0 radical (unpaired) electrons. The highest BCUT2D eigenvalue weighted by molar-refractivity contribution is 5.81. The molecule has 2 aromatic rings. The Morgan fingerprint density at radius 1 is 1.38 bits per heavy atom. The summed E-state index contributed by atoms with van der Waals surface area (Å²) in [4.78, 5) is 12.4. The predicted molar refractivity (Wildman–Crippen MR) is 90.9 cm³/mol. The van der Waals surface area contributed by atoms with Crippen molar-refractivity contribution in [1.29, 1.82) is 0 Å². The molecule has 0 aliphatic rings. The molecule has 3 N–H and O–H groups in total. The van der Waals surface area contributed by atoms with Crippen molar-refractivity contribution in [3.63, 3.8) is 0 Å². The summed E-state index contributed by atoms with van der Waals surface area (Å²) in [6.07, 6.45) is 1.03. The second-order valence-corrected chi connectivity index (χ2v) is 6.10. The first-order chi connectivity index (χ1) is 11.5. The van der Waals surface area contributed by atoms with E-state index in [1.54, 1.807) is 12.1 Å². The van der Waals surface area contributed by atoms with Crippen molar-refractivity contribution in [2.75, 3.05) is 6.61 Å². The maximum Gasteiger partial charge on any atom is 0.224 e. The third-order valence-electron chi connectivity index (χ3n) is 4.40. The van der Waals surface area contributed by atoms with Crippen LogP contribution in [0, 0.1) is 18.7 Å². The Labute approximate surface area is 141 Å². The Morgan fingerprint density at radius 2 is 2.04 bits per heavy atom. The van der Waals surface area contributed by atoms with E-state index in [0.29, 0.717) is 5.69 Å². The maximum absolute atomic E-state index is 13.1. The van der Waals surface area contributed by atoms with E-state index in [1.807, 2.05) is 20.8 Å².